The summed E-state index contributed by atoms with van der Waals surface area (Å²) in [6.07, 6.45) is 2.36. The van der Waals surface area contributed by atoms with Crippen LogP contribution in [0.1, 0.15) is 30.4 Å². The van der Waals surface area contributed by atoms with Crippen molar-refractivity contribution in [2.75, 3.05) is 13.1 Å². The third-order valence-electron chi connectivity index (χ3n) is 4.27. The zero-order valence-corrected chi connectivity index (χ0v) is 12.9. The number of halogens is 3. The van der Waals surface area contributed by atoms with E-state index in [0.29, 0.717) is 11.3 Å². The average molecular weight is 337 g/mol. The van der Waals surface area contributed by atoms with Gasteiger partial charge in [-0.3, -0.25) is 0 Å². The van der Waals surface area contributed by atoms with Gasteiger partial charge in [0.2, 0.25) is 0 Å². The summed E-state index contributed by atoms with van der Waals surface area (Å²) in [7, 11) is 0. The summed E-state index contributed by atoms with van der Waals surface area (Å²) in [4.78, 5) is 0. The molecule has 0 radical (unpaired) electrons. The molecule has 0 saturated carbocycles. The monoisotopic (exact) mass is 335 g/mol. The molecule has 2 unspecified atom stereocenters. The maximum atomic E-state index is 6.38. The van der Waals surface area contributed by atoms with Crippen LogP contribution in [0.3, 0.4) is 0 Å². The Bertz CT molecular complexity index is 449. The molecule has 0 spiro atoms. The first-order chi connectivity index (χ1) is 7.62. The fourth-order valence-corrected chi connectivity index (χ4v) is 3.86. The van der Waals surface area contributed by atoms with Gasteiger partial charge in [-0.05, 0) is 51.4 Å². The van der Waals surface area contributed by atoms with Gasteiger partial charge in [0, 0.05) is 23.5 Å². The summed E-state index contributed by atoms with van der Waals surface area (Å²) >= 11 is 9.89. The lowest BCUT2D eigenvalue weighted by atomic mass is 9.67. The number of hydrogen-bond acceptors (Lipinski definition) is 1. The van der Waals surface area contributed by atoms with Gasteiger partial charge in [0.15, 0.2) is 0 Å². The van der Waals surface area contributed by atoms with Gasteiger partial charge < -0.3 is 5.32 Å². The molecule has 0 amide bonds. The van der Waals surface area contributed by atoms with Crippen molar-refractivity contribution in [1.82, 2.24) is 5.32 Å². The van der Waals surface area contributed by atoms with E-state index in [2.05, 4.69) is 40.3 Å². The van der Waals surface area contributed by atoms with Gasteiger partial charge in [-0.15, -0.1) is 12.4 Å². The predicted octanol–water partition coefficient (Wildman–Crippen LogP) is 4.16. The van der Waals surface area contributed by atoms with E-state index in [9.17, 15) is 0 Å². The molecule has 1 N–H and O–H groups in total. The number of benzene rings is 1. The zero-order chi connectivity index (χ0) is 11.3. The molecular formula is C13H16BrCl2N. The smallest absolute Gasteiger partial charge is 0.0582 e. The van der Waals surface area contributed by atoms with Gasteiger partial charge in [0.05, 0.1) is 5.02 Å². The Balaban J connectivity index is 0.00000108. The molecule has 2 aliphatic rings. The lowest BCUT2D eigenvalue weighted by Gasteiger charge is -2.37. The van der Waals surface area contributed by atoms with Crippen LogP contribution in [-0.4, -0.2) is 13.1 Å². The fraction of sp³-hybridized carbons (Fsp3) is 0.538. The molecule has 1 nitrogen and oxygen atoms in total. The van der Waals surface area contributed by atoms with Crippen molar-refractivity contribution in [3.05, 3.63) is 32.8 Å². The first-order valence-corrected chi connectivity index (χ1v) is 6.96. The first-order valence-electron chi connectivity index (χ1n) is 5.79. The highest BCUT2D eigenvalue weighted by atomic mass is 79.9. The van der Waals surface area contributed by atoms with Crippen molar-refractivity contribution in [3.8, 4) is 0 Å². The normalized spacial score (nSPS) is 30.4. The van der Waals surface area contributed by atoms with Crippen LogP contribution in [-0.2, 0) is 6.42 Å². The second-order valence-corrected chi connectivity index (χ2v) is 6.50. The minimum absolute atomic E-state index is 0. The molecule has 4 heteroatoms. The van der Waals surface area contributed by atoms with Gasteiger partial charge in [0.1, 0.15) is 0 Å². The average Bonchev–Trinajstić information content (AvgIpc) is 2.65. The fourth-order valence-electron chi connectivity index (χ4n) is 3.22. The van der Waals surface area contributed by atoms with E-state index in [1.54, 1.807) is 0 Å². The standard InChI is InChI=1S/C13H15BrClN.ClH/c1-13-5-4-9-8(10(13)6-16-7-13)2-3-11(14)12(9)15;/h2-3,10,16H,4-7H2,1H3;1H. The Hall–Kier alpha value is 0.240. The largest absolute Gasteiger partial charge is 0.316 e. The van der Waals surface area contributed by atoms with E-state index in [-0.39, 0.29) is 12.4 Å². The second-order valence-electron chi connectivity index (χ2n) is 5.27. The Labute approximate surface area is 122 Å². The SMILES string of the molecule is CC12CCc3c(ccc(Br)c3Cl)C1CNC2.Cl. The van der Waals surface area contributed by atoms with Crippen LogP contribution in [0.4, 0.5) is 0 Å². The molecule has 1 saturated heterocycles. The van der Waals surface area contributed by atoms with Crippen LogP contribution in [0.25, 0.3) is 0 Å². The van der Waals surface area contributed by atoms with Crippen molar-refractivity contribution >= 4 is 39.9 Å². The summed E-state index contributed by atoms with van der Waals surface area (Å²) in [5, 5.41) is 4.45. The molecule has 1 heterocycles. The Kier molecular flexibility index (Phi) is 3.80. The molecule has 1 aliphatic carbocycles. The highest BCUT2D eigenvalue weighted by molar-refractivity contribution is 9.10. The first kappa shape index (κ1) is 13.7. The lowest BCUT2D eigenvalue weighted by Crippen LogP contribution is -2.30. The molecule has 2 atom stereocenters. The van der Waals surface area contributed by atoms with Crippen LogP contribution in [0.15, 0.2) is 16.6 Å². The highest BCUT2D eigenvalue weighted by Gasteiger charge is 2.43. The summed E-state index contributed by atoms with van der Waals surface area (Å²) in [5.74, 6) is 0.641. The molecule has 1 aromatic carbocycles. The van der Waals surface area contributed by atoms with E-state index >= 15 is 0 Å². The van der Waals surface area contributed by atoms with Crippen molar-refractivity contribution in [1.29, 1.82) is 0 Å². The van der Waals surface area contributed by atoms with Crippen LogP contribution in [0, 0.1) is 5.41 Å². The van der Waals surface area contributed by atoms with Crippen LogP contribution in [0.5, 0.6) is 0 Å². The third-order valence-corrected chi connectivity index (χ3v) is 5.59. The topological polar surface area (TPSA) is 12.0 Å². The van der Waals surface area contributed by atoms with E-state index in [1.165, 1.54) is 17.5 Å². The van der Waals surface area contributed by atoms with Crippen LogP contribution in [0.2, 0.25) is 5.02 Å². The van der Waals surface area contributed by atoms with Gasteiger partial charge in [-0.2, -0.15) is 0 Å². The number of nitrogens with one attached hydrogen (secondary N) is 1. The molecule has 0 aromatic heterocycles. The van der Waals surface area contributed by atoms with Crippen molar-refractivity contribution in [2.24, 2.45) is 5.41 Å². The Morgan fingerprint density at radius 3 is 3.00 bits per heavy atom. The van der Waals surface area contributed by atoms with Crippen molar-refractivity contribution in [2.45, 2.75) is 25.7 Å². The molecule has 17 heavy (non-hydrogen) atoms. The molecule has 94 valence electrons. The Morgan fingerprint density at radius 1 is 1.47 bits per heavy atom. The lowest BCUT2D eigenvalue weighted by molar-refractivity contribution is 0.277. The number of fused-ring (bicyclic) bond motifs is 3. The molecule has 1 aliphatic heterocycles. The molecule has 1 aromatic rings. The summed E-state index contributed by atoms with van der Waals surface area (Å²) in [6, 6.07) is 4.34. The van der Waals surface area contributed by atoms with Gasteiger partial charge in [-0.1, -0.05) is 24.6 Å². The minimum atomic E-state index is 0. The molecule has 1 fully saturated rings. The molecule has 0 bridgehead atoms. The number of rotatable bonds is 0. The maximum Gasteiger partial charge on any atom is 0.0582 e. The van der Waals surface area contributed by atoms with Gasteiger partial charge in [-0.25, -0.2) is 0 Å². The number of hydrogen-bond donors (Lipinski definition) is 1. The highest BCUT2D eigenvalue weighted by Crippen LogP contribution is 2.49. The Morgan fingerprint density at radius 2 is 2.24 bits per heavy atom. The molecule has 3 rings (SSSR count). The van der Waals surface area contributed by atoms with Crippen molar-refractivity contribution in [3.63, 3.8) is 0 Å². The predicted molar refractivity (Wildman–Crippen MR) is 78.4 cm³/mol. The molecular weight excluding hydrogens is 321 g/mol. The van der Waals surface area contributed by atoms with E-state index in [1.807, 2.05) is 0 Å². The summed E-state index contributed by atoms with van der Waals surface area (Å²) < 4.78 is 1.03. The van der Waals surface area contributed by atoms with E-state index < -0.39 is 0 Å². The summed E-state index contributed by atoms with van der Waals surface area (Å²) in [5.41, 5.74) is 3.26. The van der Waals surface area contributed by atoms with Gasteiger partial charge in [0.25, 0.3) is 0 Å². The second kappa shape index (κ2) is 4.73. The van der Waals surface area contributed by atoms with E-state index in [4.69, 9.17) is 11.6 Å². The minimum Gasteiger partial charge on any atom is -0.316 e. The zero-order valence-electron chi connectivity index (χ0n) is 9.72. The van der Waals surface area contributed by atoms with E-state index in [0.717, 1.165) is 29.0 Å². The maximum absolute atomic E-state index is 6.38. The van der Waals surface area contributed by atoms with Crippen LogP contribution >= 0.6 is 39.9 Å². The quantitative estimate of drug-likeness (QED) is 0.750. The van der Waals surface area contributed by atoms with Crippen LogP contribution < -0.4 is 5.32 Å². The third kappa shape index (κ3) is 2.03. The van der Waals surface area contributed by atoms with Gasteiger partial charge >= 0.3 is 0 Å². The summed E-state index contributed by atoms with van der Waals surface area (Å²) in [6.45, 7) is 4.64. The van der Waals surface area contributed by atoms with Crippen molar-refractivity contribution < 1.29 is 0 Å².